The van der Waals surface area contributed by atoms with Gasteiger partial charge in [0, 0.05) is 13.1 Å². The number of ether oxygens (including phenoxy) is 1. The molecule has 2 heterocycles. The molecular formula is C20H25N3O4. The SMILES string of the molecule is Cc1cccc(C)c1OCC(=O)N1CCC(n2ncc(C(=O)O)c2C)CC1. The molecule has 7 nitrogen and oxygen atoms in total. The lowest BCUT2D eigenvalue weighted by Crippen LogP contribution is -2.41. The number of carbonyl (C=O) groups is 2. The first-order chi connectivity index (χ1) is 12.9. The van der Waals surface area contributed by atoms with Gasteiger partial charge in [0.1, 0.15) is 11.3 Å². The van der Waals surface area contributed by atoms with Crippen molar-refractivity contribution in [3.63, 3.8) is 0 Å². The van der Waals surface area contributed by atoms with Crippen molar-refractivity contribution in [1.29, 1.82) is 0 Å². The van der Waals surface area contributed by atoms with Crippen LogP contribution in [0.15, 0.2) is 24.4 Å². The predicted molar refractivity (Wildman–Crippen MR) is 100 cm³/mol. The van der Waals surface area contributed by atoms with E-state index in [2.05, 4.69) is 5.10 Å². The number of amides is 1. The van der Waals surface area contributed by atoms with Crippen molar-refractivity contribution in [1.82, 2.24) is 14.7 Å². The standard InChI is InChI=1S/C20H25N3O4/c1-13-5-4-6-14(2)19(13)27-12-18(24)22-9-7-16(8-10-22)23-15(3)17(11-21-23)20(25)26/h4-6,11,16H,7-10,12H2,1-3H3,(H,25,26). The van der Waals surface area contributed by atoms with Gasteiger partial charge in [-0.2, -0.15) is 5.10 Å². The maximum Gasteiger partial charge on any atom is 0.339 e. The van der Waals surface area contributed by atoms with Gasteiger partial charge in [-0.1, -0.05) is 18.2 Å². The lowest BCUT2D eigenvalue weighted by molar-refractivity contribution is -0.134. The fourth-order valence-electron chi connectivity index (χ4n) is 3.61. The minimum Gasteiger partial charge on any atom is -0.483 e. The molecule has 1 aromatic heterocycles. The molecule has 1 aliphatic rings. The molecule has 0 atom stereocenters. The predicted octanol–water partition coefficient (Wildman–Crippen LogP) is 2.75. The number of nitrogens with zero attached hydrogens (tertiary/aromatic N) is 3. The Hall–Kier alpha value is -2.83. The fourth-order valence-corrected chi connectivity index (χ4v) is 3.61. The highest BCUT2D eigenvalue weighted by Gasteiger charge is 2.26. The van der Waals surface area contributed by atoms with Crippen LogP contribution < -0.4 is 4.74 Å². The molecule has 0 spiro atoms. The van der Waals surface area contributed by atoms with Crippen LogP contribution in [0.5, 0.6) is 5.75 Å². The van der Waals surface area contributed by atoms with E-state index in [4.69, 9.17) is 9.84 Å². The van der Waals surface area contributed by atoms with Crippen LogP contribution in [-0.4, -0.2) is 51.4 Å². The number of rotatable bonds is 5. The van der Waals surface area contributed by atoms with Crippen LogP contribution >= 0.6 is 0 Å². The number of hydrogen-bond acceptors (Lipinski definition) is 4. The lowest BCUT2D eigenvalue weighted by Gasteiger charge is -2.32. The second kappa shape index (κ2) is 7.82. The van der Waals surface area contributed by atoms with Gasteiger partial charge in [0.25, 0.3) is 5.91 Å². The molecule has 1 aromatic carbocycles. The van der Waals surface area contributed by atoms with Gasteiger partial charge < -0.3 is 14.7 Å². The van der Waals surface area contributed by atoms with E-state index in [1.807, 2.05) is 32.0 Å². The monoisotopic (exact) mass is 371 g/mol. The summed E-state index contributed by atoms with van der Waals surface area (Å²) in [6.07, 6.45) is 2.89. The first-order valence-electron chi connectivity index (χ1n) is 9.12. The molecule has 1 amide bonds. The summed E-state index contributed by atoms with van der Waals surface area (Å²) >= 11 is 0. The average molecular weight is 371 g/mol. The lowest BCUT2D eigenvalue weighted by atomic mass is 10.0. The minimum atomic E-state index is -0.963. The van der Waals surface area contributed by atoms with Crippen LogP contribution in [0, 0.1) is 20.8 Å². The van der Waals surface area contributed by atoms with Crippen molar-refractivity contribution in [3.8, 4) is 5.75 Å². The van der Waals surface area contributed by atoms with Crippen LogP contribution in [0.1, 0.15) is 46.1 Å². The third kappa shape index (κ3) is 3.97. The van der Waals surface area contributed by atoms with E-state index >= 15 is 0 Å². The summed E-state index contributed by atoms with van der Waals surface area (Å²) in [6, 6.07) is 6.02. The first kappa shape index (κ1) is 18.9. The normalized spacial score (nSPS) is 15.0. The molecule has 0 aliphatic carbocycles. The molecular weight excluding hydrogens is 346 g/mol. The Bertz CT molecular complexity index is 831. The number of para-hydroxylation sites is 1. The second-order valence-electron chi connectivity index (χ2n) is 7.01. The number of carboxylic acids is 1. The Kier molecular flexibility index (Phi) is 5.48. The number of aromatic carboxylic acids is 1. The zero-order valence-corrected chi connectivity index (χ0v) is 15.9. The van der Waals surface area contributed by atoms with Crippen LogP contribution in [0.4, 0.5) is 0 Å². The Morgan fingerprint density at radius 3 is 2.37 bits per heavy atom. The van der Waals surface area contributed by atoms with Gasteiger partial charge in [-0.15, -0.1) is 0 Å². The van der Waals surface area contributed by atoms with Gasteiger partial charge in [0.15, 0.2) is 6.61 Å². The second-order valence-corrected chi connectivity index (χ2v) is 7.01. The smallest absolute Gasteiger partial charge is 0.339 e. The van der Waals surface area contributed by atoms with Crippen molar-refractivity contribution in [2.24, 2.45) is 0 Å². The highest BCUT2D eigenvalue weighted by molar-refractivity contribution is 5.88. The van der Waals surface area contributed by atoms with E-state index in [1.165, 1.54) is 6.20 Å². The van der Waals surface area contributed by atoms with Gasteiger partial charge in [-0.25, -0.2) is 4.79 Å². The van der Waals surface area contributed by atoms with E-state index in [9.17, 15) is 9.59 Å². The maximum absolute atomic E-state index is 12.5. The summed E-state index contributed by atoms with van der Waals surface area (Å²) in [7, 11) is 0. The van der Waals surface area contributed by atoms with Crippen LogP contribution in [0.3, 0.4) is 0 Å². The zero-order chi connectivity index (χ0) is 19.6. The zero-order valence-electron chi connectivity index (χ0n) is 15.9. The number of aryl methyl sites for hydroxylation is 2. The van der Waals surface area contributed by atoms with Crippen LogP contribution in [-0.2, 0) is 4.79 Å². The molecule has 0 radical (unpaired) electrons. The summed E-state index contributed by atoms with van der Waals surface area (Å²) in [5.41, 5.74) is 2.93. The molecule has 27 heavy (non-hydrogen) atoms. The molecule has 1 aliphatic heterocycles. The molecule has 7 heteroatoms. The molecule has 0 unspecified atom stereocenters. The van der Waals surface area contributed by atoms with Crippen molar-refractivity contribution >= 4 is 11.9 Å². The number of likely N-dealkylation sites (tertiary alicyclic amines) is 1. The average Bonchev–Trinajstić information content (AvgIpc) is 3.03. The summed E-state index contributed by atoms with van der Waals surface area (Å²) < 4.78 is 7.55. The maximum atomic E-state index is 12.5. The van der Waals surface area contributed by atoms with E-state index in [0.717, 1.165) is 29.7 Å². The van der Waals surface area contributed by atoms with Crippen LogP contribution in [0.25, 0.3) is 0 Å². The molecule has 144 valence electrons. The van der Waals surface area contributed by atoms with Crippen molar-refractivity contribution < 1.29 is 19.4 Å². The largest absolute Gasteiger partial charge is 0.483 e. The number of hydrogen-bond donors (Lipinski definition) is 1. The molecule has 2 aromatic rings. The van der Waals surface area contributed by atoms with Gasteiger partial charge in [-0.3, -0.25) is 9.48 Å². The topological polar surface area (TPSA) is 84.7 Å². The quantitative estimate of drug-likeness (QED) is 0.874. The highest BCUT2D eigenvalue weighted by Crippen LogP contribution is 2.25. The Morgan fingerprint density at radius 2 is 1.81 bits per heavy atom. The minimum absolute atomic E-state index is 0.0281. The van der Waals surface area contributed by atoms with Gasteiger partial charge in [-0.05, 0) is 44.7 Å². The summed E-state index contributed by atoms with van der Waals surface area (Å²) in [4.78, 5) is 25.5. The third-order valence-corrected chi connectivity index (χ3v) is 5.19. The third-order valence-electron chi connectivity index (χ3n) is 5.19. The van der Waals surface area contributed by atoms with Gasteiger partial charge >= 0.3 is 5.97 Å². The number of aromatic nitrogens is 2. The van der Waals surface area contributed by atoms with Crippen LogP contribution in [0.2, 0.25) is 0 Å². The summed E-state index contributed by atoms with van der Waals surface area (Å²) in [5, 5.41) is 13.4. The number of carboxylic acid groups (broad SMARTS) is 1. The Labute approximate surface area is 158 Å². The molecule has 1 N–H and O–H groups in total. The number of benzene rings is 1. The first-order valence-corrected chi connectivity index (χ1v) is 9.12. The molecule has 1 fully saturated rings. The van der Waals surface area contributed by atoms with Gasteiger partial charge in [0.2, 0.25) is 0 Å². The molecule has 0 bridgehead atoms. The van der Waals surface area contributed by atoms with Crippen molar-refractivity contribution in [2.45, 2.75) is 39.7 Å². The summed E-state index contributed by atoms with van der Waals surface area (Å²) in [6.45, 7) is 6.96. The molecule has 1 saturated heterocycles. The number of piperidine rings is 1. The summed E-state index contributed by atoms with van der Waals surface area (Å²) in [5.74, 6) is -0.219. The number of carbonyl (C=O) groups excluding carboxylic acids is 1. The van der Waals surface area contributed by atoms with E-state index < -0.39 is 5.97 Å². The Balaban J connectivity index is 1.56. The molecule has 3 rings (SSSR count). The van der Waals surface area contributed by atoms with Crippen molar-refractivity contribution in [2.75, 3.05) is 19.7 Å². The van der Waals surface area contributed by atoms with E-state index in [-0.39, 0.29) is 24.1 Å². The van der Waals surface area contributed by atoms with E-state index in [0.29, 0.717) is 18.8 Å². The highest BCUT2D eigenvalue weighted by atomic mass is 16.5. The van der Waals surface area contributed by atoms with Crippen molar-refractivity contribution in [3.05, 3.63) is 46.8 Å². The fraction of sp³-hybridized carbons (Fsp3) is 0.450. The molecule has 0 saturated carbocycles. The Morgan fingerprint density at radius 1 is 1.19 bits per heavy atom. The van der Waals surface area contributed by atoms with Gasteiger partial charge in [0.05, 0.1) is 17.9 Å². The van der Waals surface area contributed by atoms with E-state index in [1.54, 1.807) is 16.5 Å².